The molecule has 0 bridgehead atoms. The van der Waals surface area contributed by atoms with Crippen molar-refractivity contribution in [3.8, 4) is 5.69 Å². The highest BCUT2D eigenvalue weighted by atomic mass is 15.3. The van der Waals surface area contributed by atoms with Gasteiger partial charge in [-0.2, -0.15) is 5.10 Å². The zero-order valence-electron chi connectivity index (χ0n) is 11.8. The molecule has 0 saturated heterocycles. The van der Waals surface area contributed by atoms with Crippen molar-refractivity contribution in [1.29, 1.82) is 0 Å². The normalized spacial score (nSPS) is 10.7. The second kappa shape index (κ2) is 6.81. The molecule has 0 aliphatic rings. The molecule has 2 aromatic heterocycles. The van der Waals surface area contributed by atoms with Gasteiger partial charge in [0.05, 0.1) is 11.9 Å². The van der Waals surface area contributed by atoms with E-state index in [2.05, 4.69) is 33.7 Å². The summed E-state index contributed by atoms with van der Waals surface area (Å²) in [5.74, 6) is 0. The second-order valence-electron chi connectivity index (χ2n) is 4.91. The van der Waals surface area contributed by atoms with E-state index in [4.69, 9.17) is 0 Å². The molecule has 0 amide bonds. The van der Waals surface area contributed by atoms with Crippen LogP contribution in [-0.4, -0.2) is 21.3 Å². The van der Waals surface area contributed by atoms with Crippen molar-refractivity contribution in [1.82, 2.24) is 20.1 Å². The maximum atomic E-state index is 4.39. The van der Waals surface area contributed by atoms with E-state index in [0.717, 1.165) is 25.2 Å². The summed E-state index contributed by atoms with van der Waals surface area (Å²) in [5, 5.41) is 7.83. The summed E-state index contributed by atoms with van der Waals surface area (Å²) in [6.45, 7) is 1.78. The van der Waals surface area contributed by atoms with Crippen LogP contribution in [0.5, 0.6) is 0 Å². The molecule has 1 N–H and O–H groups in total. The SMILES string of the molecule is c1ccc(-n2cc(CNCCc3ccncc3)cn2)cc1. The van der Waals surface area contributed by atoms with E-state index in [-0.39, 0.29) is 0 Å². The van der Waals surface area contributed by atoms with Crippen molar-refractivity contribution in [3.05, 3.63) is 78.4 Å². The largest absolute Gasteiger partial charge is 0.312 e. The Morgan fingerprint density at radius 1 is 0.952 bits per heavy atom. The Bertz CT molecular complexity index is 662. The molecular formula is C17H18N4. The van der Waals surface area contributed by atoms with Crippen LogP contribution in [0, 0.1) is 0 Å². The molecule has 0 atom stereocenters. The predicted octanol–water partition coefficient (Wildman–Crippen LogP) is 2.60. The van der Waals surface area contributed by atoms with E-state index in [9.17, 15) is 0 Å². The molecule has 4 heteroatoms. The average molecular weight is 278 g/mol. The molecule has 106 valence electrons. The summed E-state index contributed by atoms with van der Waals surface area (Å²) < 4.78 is 1.90. The van der Waals surface area contributed by atoms with E-state index < -0.39 is 0 Å². The summed E-state index contributed by atoms with van der Waals surface area (Å²) >= 11 is 0. The quantitative estimate of drug-likeness (QED) is 0.705. The lowest BCUT2D eigenvalue weighted by atomic mass is 10.2. The first-order chi connectivity index (χ1) is 10.4. The number of aromatic nitrogens is 3. The Hall–Kier alpha value is -2.46. The highest BCUT2D eigenvalue weighted by molar-refractivity contribution is 5.30. The maximum absolute atomic E-state index is 4.39. The van der Waals surface area contributed by atoms with E-state index in [1.807, 2.05) is 53.6 Å². The summed E-state index contributed by atoms with van der Waals surface area (Å²) in [4.78, 5) is 4.02. The number of benzene rings is 1. The van der Waals surface area contributed by atoms with Crippen molar-refractivity contribution >= 4 is 0 Å². The van der Waals surface area contributed by atoms with E-state index in [0.29, 0.717) is 0 Å². The summed E-state index contributed by atoms with van der Waals surface area (Å²) in [7, 11) is 0. The molecule has 0 spiro atoms. The Morgan fingerprint density at radius 3 is 2.57 bits per heavy atom. The monoisotopic (exact) mass is 278 g/mol. The molecule has 0 unspecified atom stereocenters. The van der Waals surface area contributed by atoms with Crippen LogP contribution in [0.25, 0.3) is 5.69 Å². The molecule has 0 radical (unpaired) electrons. The zero-order chi connectivity index (χ0) is 14.3. The molecule has 21 heavy (non-hydrogen) atoms. The smallest absolute Gasteiger partial charge is 0.0645 e. The molecular weight excluding hydrogens is 260 g/mol. The number of nitrogens with zero attached hydrogens (tertiary/aromatic N) is 3. The summed E-state index contributed by atoms with van der Waals surface area (Å²) in [6, 6.07) is 14.2. The van der Waals surface area contributed by atoms with Crippen molar-refractivity contribution in [3.63, 3.8) is 0 Å². The van der Waals surface area contributed by atoms with Crippen LogP contribution in [0.3, 0.4) is 0 Å². The minimum absolute atomic E-state index is 0.831. The molecule has 4 nitrogen and oxygen atoms in total. The van der Waals surface area contributed by atoms with E-state index in [1.165, 1.54) is 11.1 Å². The fourth-order valence-electron chi connectivity index (χ4n) is 2.19. The Balaban J connectivity index is 1.49. The average Bonchev–Trinajstić information content (AvgIpc) is 3.02. The van der Waals surface area contributed by atoms with Gasteiger partial charge in [0.25, 0.3) is 0 Å². The third-order valence-electron chi connectivity index (χ3n) is 3.33. The minimum atomic E-state index is 0.831. The number of nitrogens with one attached hydrogen (secondary N) is 1. The van der Waals surface area contributed by atoms with Crippen molar-refractivity contribution < 1.29 is 0 Å². The molecule has 0 saturated carbocycles. The number of rotatable bonds is 6. The number of pyridine rings is 1. The summed E-state index contributed by atoms with van der Waals surface area (Å²) in [5.41, 5.74) is 3.58. The van der Waals surface area contributed by atoms with Crippen molar-refractivity contribution in [2.45, 2.75) is 13.0 Å². The molecule has 3 rings (SSSR count). The lowest BCUT2D eigenvalue weighted by Crippen LogP contribution is -2.16. The van der Waals surface area contributed by atoms with Crippen LogP contribution in [0.4, 0.5) is 0 Å². The van der Waals surface area contributed by atoms with Crippen LogP contribution in [0.1, 0.15) is 11.1 Å². The van der Waals surface area contributed by atoms with E-state index in [1.54, 1.807) is 0 Å². The van der Waals surface area contributed by atoms with Gasteiger partial charge in [0.2, 0.25) is 0 Å². The van der Waals surface area contributed by atoms with Gasteiger partial charge in [0.15, 0.2) is 0 Å². The number of hydrogen-bond acceptors (Lipinski definition) is 3. The van der Waals surface area contributed by atoms with Gasteiger partial charge >= 0.3 is 0 Å². The molecule has 0 fully saturated rings. The lowest BCUT2D eigenvalue weighted by Gasteiger charge is -2.03. The third kappa shape index (κ3) is 3.77. The Kier molecular flexibility index (Phi) is 4.39. The molecule has 1 aromatic carbocycles. The van der Waals surface area contributed by atoms with Crippen LogP contribution in [0.2, 0.25) is 0 Å². The summed E-state index contributed by atoms with van der Waals surface area (Å²) in [6.07, 6.45) is 8.65. The third-order valence-corrected chi connectivity index (χ3v) is 3.33. The highest BCUT2D eigenvalue weighted by Crippen LogP contribution is 2.07. The number of para-hydroxylation sites is 1. The molecule has 0 aliphatic heterocycles. The van der Waals surface area contributed by atoms with Gasteiger partial charge < -0.3 is 5.32 Å². The Morgan fingerprint density at radius 2 is 1.76 bits per heavy atom. The predicted molar refractivity (Wildman–Crippen MR) is 83.2 cm³/mol. The fraction of sp³-hybridized carbons (Fsp3) is 0.176. The van der Waals surface area contributed by atoms with Gasteiger partial charge in [0, 0.05) is 30.7 Å². The van der Waals surface area contributed by atoms with Crippen molar-refractivity contribution in [2.24, 2.45) is 0 Å². The van der Waals surface area contributed by atoms with Gasteiger partial charge in [-0.25, -0.2) is 4.68 Å². The highest BCUT2D eigenvalue weighted by Gasteiger charge is 2.00. The van der Waals surface area contributed by atoms with Gasteiger partial charge in [0.1, 0.15) is 0 Å². The van der Waals surface area contributed by atoms with Crippen molar-refractivity contribution in [2.75, 3.05) is 6.54 Å². The lowest BCUT2D eigenvalue weighted by molar-refractivity contribution is 0.686. The second-order valence-corrected chi connectivity index (χ2v) is 4.91. The molecule has 0 aliphatic carbocycles. The molecule has 2 heterocycles. The Labute approximate surface area is 124 Å². The first-order valence-electron chi connectivity index (χ1n) is 7.10. The van der Waals surface area contributed by atoms with E-state index >= 15 is 0 Å². The van der Waals surface area contributed by atoms with Gasteiger partial charge in [-0.1, -0.05) is 18.2 Å². The van der Waals surface area contributed by atoms with Gasteiger partial charge in [-0.3, -0.25) is 4.98 Å². The van der Waals surface area contributed by atoms with Gasteiger partial charge in [-0.15, -0.1) is 0 Å². The first kappa shape index (κ1) is 13.5. The molecule has 3 aromatic rings. The zero-order valence-corrected chi connectivity index (χ0v) is 11.8. The maximum Gasteiger partial charge on any atom is 0.0645 e. The van der Waals surface area contributed by atoms with Crippen LogP contribution in [0.15, 0.2) is 67.3 Å². The van der Waals surface area contributed by atoms with Crippen LogP contribution in [-0.2, 0) is 13.0 Å². The van der Waals surface area contributed by atoms with Crippen LogP contribution >= 0.6 is 0 Å². The fourth-order valence-corrected chi connectivity index (χ4v) is 2.19. The van der Waals surface area contributed by atoms with Gasteiger partial charge in [-0.05, 0) is 42.8 Å². The first-order valence-corrected chi connectivity index (χ1v) is 7.10. The van der Waals surface area contributed by atoms with Crippen LogP contribution < -0.4 is 5.32 Å². The number of hydrogen-bond donors (Lipinski definition) is 1. The topological polar surface area (TPSA) is 42.7 Å². The standard InChI is InChI=1S/C17H18N4/c1-2-4-17(5-3-1)21-14-16(13-20-21)12-19-11-8-15-6-9-18-10-7-15/h1-7,9-10,13-14,19H,8,11-12H2. The minimum Gasteiger partial charge on any atom is -0.312 e.